The Labute approximate surface area is 113 Å². The molecule has 1 saturated heterocycles. The molecule has 5 heteroatoms. The van der Waals surface area contributed by atoms with E-state index < -0.39 is 5.97 Å². The van der Waals surface area contributed by atoms with Crippen molar-refractivity contribution >= 4 is 5.97 Å². The molecule has 1 atom stereocenters. The van der Waals surface area contributed by atoms with Gasteiger partial charge in [-0.3, -0.25) is 4.90 Å². The molecule has 0 aliphatic carbocycles. The number of carbonyl (C=O) groups is 1. The predicted molar refractivity (Wildman–Crippen MR) is 72.3 cm³/mol. The van der Waals surface area contributed by atoms with Crippen molar-refractivity contribution in [1.82, 2.24) is 9.80 Å². The van der Waals surface area contributed by atoms with Crippen molar-refractivity contribution in [3.8, 4) is 0 Å². The summed E-state index contributed by atoms with van der Waals surface area (Å²) in [5.74, 6) is -0.348. The monoisotopic (exact) mass is 266 g/mol. The van der Waals surface area contributed by atoms with Crippen molar-refractivity contribution in [1.29, 1.82) is 0 Å². The van der Waals surface area contributed by atoms with Gasteiger partial charge in [0.25, 0.3) is 0 Å². The highest BCUT2D eigenvalue weighted by Crippen LogP contribution is 2.19. The van der Waals surface area contributed by atoms with E-state index in [1.807, 2.05) is 0 Å². The van der Waals surface area contributed by atoms with E-state index in [1.165, 1.54) is 12.3 Å². The molecule has 0 saturated carbocycles. The largest absolute Gasteiger partial charge is 0.478 e. The van der Waals surface area contributed by atoms with Crippen LogP contribution in [0.3, 0.4) is 0 Å². The van der Waals surface area contributed by atoms with Crippen LogP contribution in [-0.2, 0) is 6.54 Å². The quantitative estimate of drug-likeness (QED) is 0.902. The number of likely N-dealkylation sites (N-methyl/N-ethyl adjacent to an activating group) is 1. The van der Waals surface area contributed by atoms with Gasteiger partial charge in [0.05, 0.1) is 12.8 Å². The minimum absolute atomic E-state index is 0.285. The van der Waals surface area contributed by atoms with Gasteiger partial charge in [-0.1, -0.05) is 6.92 Å². The number of carboxylic acids is 1. The highest BCUT2D eigenvalue weighted by Gasteiger charge is 2.24. The lowest BCUT2D eigenvalue weighted by Crippen LogP contribution is -2.39. The molecule has 2 heterocycles. The average Bonchev–Trinajstić information content (AvgIpc) is 2.75. The molecular weight excluding hydrogens is 244 g/mol. The van der Waals surface area contributed by atoms with E-state index in [0.717, 1.165) is 32.5 Å². The van der Waals surface area contributed by atoms with Crippen molar-refractivity contribution in [3.63, 3.8) is 0 Å². The first-order valence-electron chi connectivity index (χ1n) is 6.84. The summed E-state index contributed by atoms with van der Waals surface area (Å²) in [6.07, 6.45) is 3.63. The highest BCUT2D eigenvalue weighted by molar-refractivity contribution is 5.88. The van der Waals surface area contributed by atoms with Crippen LogP contribution < -0.4 is 0 Å². The molecule has 0 bridgehead atoms. The first kappa shape index (κ1) is 14.1. The summed E-state index contributed by atoms with van der Waals surface area (Å²) in [7, 11) is 2.14. The lowest BCUT2D eigenvalue weighted by Gasteiger charge is -2.29. The second-order valence-electron chi connectivity index (χ2n) is 5.21. The molecular formula is C14H22N2O3. The molecule has 1 N–H and O–H groups in total. The Bertz CT molecular complexity index is 430. The standard InChI is InChI=1S/C14H22N2O3/c1-3-11-9-15(2)6-4-7-16(11)10-13-12(14(17)18)5-8-19-13/h5,8,11H,3-4,6-7,9-10H2,1-2H3,(H,17,18). The molecule has 1 aliphatic heterocycles. The molecule has 0 radical (unpaired) electrons. The topological polar surface area (TPSA) is 56.9 Å². The zero-order valence-electron chi connectivity index (χ0n) is 11.6. The first-order valence-corrected chi connectivity index (χ1v) is 6.84. The van der Waals surface area contributed by atoms with Crippen LogP contribution in [0.15, 0.2) is 16.7 Å². The van der Waals surface area contributed by atoms with E-state index in [-0.39, 0.29) is 5.56 Å². The van der Waals surface area contributed by atoms with E-state index in [9.17, 15) is 4.79 Å². The zero-order valence-corrected chi connectivity index (χ0v) is 11.6. The number of carboxylic acid groups (broad SMARTS) is 1. The Morgan fingerprint density at radius 2 is 2.32 bits per heavy atom. The maximum absolute atomic E-state index is 11.1. The Kier molecular flexibility index (Phi) is 4.61. The molecule has 0 aromatic carbocycles. The van der Waals surface area contributed by atoms with Crippen molar-refractivity contribution in [2.24, 2.45) is 0 Å². The maximum Gasteiger partial charge on any atom is 0.339 e. The van der Waals surface area contributed by atoms with Gasteiger partial charge >= 0.3 is 5.97 Å². The smallest absolute Gasteiger partial charge is 0.339 e. The second kappa shape index (κ2) is 6.21. The number of hydrogen-bond acceptors (Lipinski definition) is 4. The molecule has 1 aromatic heterocycles. The van der Waals surface area contributed by atoms with E-state index in [0.29, 0.717) is 18.3 Å². The third-order valence-corrected chi connectivity index (χ3v) is 3.82. The van der Waals surface area contributed by atoms with Crippen LogP contribution >= 0.6 is 0 Å². The van der Waals surface area contributed by atoms with Crippen LogP contribution in [0.2, 0.25) is 0 Å². The summed E-state index contributed by atoms with van der Waals surface area (Å²) in [6, 6.07) is 1.99. The van der Waals surface area contributed by atoms with Gasteiger partial charge in [-0.15, -0.1) is 0 Å². The molecule has 1 fully saturated rings. The van der Waals surface area contributed by atoms with Crippen molar-refractivity contribution in [3.05, 3.63) is 23.7 Å². The summed E-state index contributed by atoms with van der Waals surface area (Å²) in [5, 5.41) is 9.12. The van der Waals surface area contributed by atoms with Crippen molar-refractivity contribution in [2.75, 3.05) is 26.7 Å². The summed E-state index contributed by atoms with van der Waals surface area (Å²) in [4.78, 5) is 15.8. The minimum Gasteiger partial charge on any atom is -0.478 e. The van der Waals surface area contributed by atoms with Gasteiger partial charge in [0.1, 0.15) is 11.3 Å². The fourth-order valence-corrected chi connectivity index (χ4v) is 2.73. The zero-order chi connectivity index (χ0) is 13.8. The van der Waals surface area contributed by atoms with Gasteiger partial charge in [0.15, 0.2) is 0 Å². The van der Waals surface area contributed by atoms with Crippen LogP contribution in [-0.4, -0.2) is 53.6 Å². The molecule has 0 spiro atoms. The van der Waals surface area contributed by atoms with Crippen molar-refractivity contribution in [2.45, 2.75) is 32.4 Å². The fraction of sp³-hybridized carbons (Fsp3) is 0.643. The van der Waals surface area contributed by atoms with Gasteiger partial charge in [0, 0.05) is 19.1 Å². The van der Waals surface area contributed by atoms with E-state index in [2.05, 4.69) is 23.8 Å². The number of furan rings is 1. The number of nitrogens with zero attached hydrogens (tertiary/aromatic N) is 2. The minimum atomic E-state index is -0.913. The average molecular weight is 266 g/mol. The normalized spacial score (nSPS) is 22.3. The Balaban J connectivity index is 2.11. The summed E-state index contributed by atoms with van der Waals surface area (Å²) < 4.78 is 5.35. The van der Waals surface area contributed by atoms with Crippen LogP contribution in [0.25, 0.3) is 0 Å². The molecule has 1 unspecified atom stereocenters. The first-order chi connectivity index (χ1) is 9.11. The summed E-state index contributed by atoms with van der Waals surface area (Å²) in [5.41, 5.74) is 0.285. The van der Waals surface area contributed by atoms with Crippen LogP contribution in [0.1, 0.15) is 35.9 Å². The van der Waals surface area contributed by atoms with Gasteiger partial charge in [-0.2, -0.15) is 0 Å². The van der Waals surface area contributed by atoms with Gasteiger partial charge < -0.3 is 14.4 Å². The van der Waals surface area contributed by atoms with Crippen LogP contribution in [0.4, 0.5) is 0 Å². The molecule has 1 aromatic rings. The Morgan fingerprint density at radius 3 is 3.00 bits per heavy atom. The molecule has 0 amide bonds. The molecule has 106 valence electrons. The molecule has 5 nitrogen and oxygen atoms in total. The summed E-state index contributed by atoms with van der Waals surface area (Å²) >= 11 is 0. The summed E-state index contributed by atoms with van der Waals surface area (Å²) in [6.45, 7) is 5.87. The molecule has 19 heavy (non-hydrogen) atoms. The molecule has 1 aliphatic rings. The number of aromatic carboxylic acids is 1. The van der Waals surface area contributed by atoms with Crippen LogP contribution in [0, 0.1) is 0 Å². The SMILES string of the molecule is CCC1CN(C)CCCN1Cc1occc1C(=O)O. The van der Waals surface area contributed by atoms with E-state index >= 15 is 0 Å². The lowest BCUT2D eigenvalue weighted by molar-refractivity contribution is 0.0691. The Morgan fingerprint density at radius 1 is 1.53 bits per heavy atom. The van der Waals surface area contributed by atoms with Gasteiger partial charge in [-0.05, 0) is 32.5 Å². The maximum atomic E-state index is 11.1. The Hall–Kier alpha value is -1.33. The van der Waals surface area contributed by atoms with Gasteiger partial charge in [-0.25, -0.2) is 4.79 Å². The third kappa shape index (κ3) is 3.36. The highest BCUT2D eigenvalue weighted by atomic mass is 16.4. The predicted octanol–water partition coefficient (Wildman–Crippen LogP) is 1.89. The lowest BCUT2D eigenvalue weighted by atomic mass is 10.1. The van der Waals surface area contributed by atoms with E-state index in [4.69, 9.17) is 9.52 Å². The third-order valence-electron chi connectivity index (χ3n) is 3.82. The number of hydrogen-bond donors (Lipinski definition) is 1. The van der Waals surface area contributed by atoms with Gasteiger partial charge in [0.2, 0.25) is 0 Å². The molecule has 2 rings (SSSR count). The second-order valence-corrected chi connectivity index (χ2v) is 5.21. The van der Waals surface area contributed by atoms with E-state index in [1.54, 1.807) is 0 Å². The number of rotatable bonds is 4. The fourth-order valence-electron chi connectivity index (χ4n) is 2.73. The van der Waals surface area contributed by atoms with Crippen molar-refractivity contribution < 1.29 is 14.3 Å². The van der Waals surface area contributed by atoms with Crippen LogP contribution in [0.5, 0.6) is 0 Å².